The molecule has 2 aromatic heterocycles. The topological polar surface area (TPSA) is 98.3 Å². The number of aromatic amines is 1. The van der Waals surface area contributed by atoms with Gasteiger partial charge in [-0.3, -0.25) is 4.79 Å². The first-order chi connectivity index (χ1) is 12.5. The van der Waals surface area contributed by atoms with Gasteiger partial charge < -0.3 is 14.5 Å². The van der Waals surface area contributed by atoms with E-state index in [2.05, 4.69) is 9.97 Å². The van der Waals surface area contributed by atoms with Crippen LogP contribution in [0, 0.1) is 0 Å². The molecule has 0 radical (unpaired) electrons. The summed E-state index contributed by atoms with van der Waals surface area (Å²) in [6.07, 6.45) is 0. The third-order valence-corrected chi connectivity index (χ3v) is 4.47. The van der Waals surface area contributed by atoms with Crippen LogP contribution in [0.2, 0.25) is 0 Å². The van der Waals surface area contributed by atoms with Crippen LogP contribution >= 0.6 is 11.3 Å². The molecule has 0 aliphatic heterocycles. The lowest BCUT2D eigenvalue weighted by Gasteiger charge is -2.05. The Balaban J connectivity index is 2.07. The van der Waals surface area contributed by atoms with Gasteiger partial charge in [0.1, 0.15) is 4.83 Å². The first-order valence-corrected chi connectivity index (χ1v) is 8.89. The maximum absolute atomic E-state index is 12.5. The summed E-state index contributed by atoms with van der Waals surface area (Å²) >= 11 is 1.24. The zero-order valence-corrected chi connectivity index (χ0v) is 15.0. The molecule has 0 atom stereocenters. The summed E-state index contributed by atoms with van der Waals surface area (Å²) in [5.41, 5.74) is 1.30. The van der Waals surface area contributed by atoms with E-state index < -0.39 is 17.5 Å². The third kappa shape index (κ3) is 3.36. The van der Waals surface area contributed by atoms with Gasteiger partial charge >= 0.3 is 11.9 Å². The minimum absolute atomic E-state index is 0.127. The number of nitrogens with zero attached hydrogens (tertiary/aromatic N) is 1. The molecule has 1 aromatic carbocycles. The fourth-order valence-corrected chi connectivity index (χ4v) is 3.43. The van der Waals surface area contributed by atoms with Crippen LogP contribution in [0.15, 0.2) is 34.4 Å². The van der Waals surface area contributed by atoms with Gasteiger partial charge in [-0.15, -0.1) is 11.3 Å². The Morgan fingerprint density at radius 1 is 1.15 bits per heavy atom. The van der Waals surface area contributed by atoms with Crippen molar-refractivity contribution in [2.24, 2.45) is 0 Å². The van der Waals surface area contributed by atoms with E-state index in [1.165, 1.54) is 11.3 Å². The molecule has 0 fully saturated rings. The number of ether oxygens (including phenoxy) is 2. The summed E-state index contributed by atoms with van der Waals surface area (Å²) in [6.45, 7) is 3.89. The zero-order chi connectivity index (χ0) is 18.7. The lowest BCUT2D eigenvalue weighted by Crippen LogP contribution is -2.17. The summed E-state index contributed by atoms with van der Waals surface area (Å²) in [5, 5.41) is 2.13. The Kier molecular flexibility index (Phi) is 5.13. The predicted molar refractivity (Wildman–Crippen MR) is 97.6 cm³/mol. The Bertz CT molecular complexity index is 1040. The molecule has 26 heavy (non-hydrogen) atoms. The molecular weight excluding hydrogens is 356 g/mol. The highest BCUT2D eigenvalue weighted by Crippen LogP contribution is 2.31. The number of carbonyl (C=O) groups is 2. The minimum Gasteiger partial charge on any atom is -0.462 e. The quantitative estimate of drug-likeness (QED) is 0.691. The summed E-state index contributed by atoms with van der Waals surface area (Å²) in [6, 6.07) is 6.83. The van der Waals surface area contributed by atoms with Gasteiger partial charge in [0.15, 0.2) is 0 Å². The predicted octanol–water partition coefficient (Wildman–Crippen LogP) is 3.01. The summed E-state index contributed by atoms with van der Waals surface area (Å²) in [7, 11) is 0. The lowest BCUT2D eigenvalue weighted by atomic mass is 10.0. The Morgan fingerprint density at radius 2 is 1.88 bits per heavy atom. The van der Waals surface area contributed by atoms with Gasteiger partial charge in [0.2, 0.25) is 5.82 Å². The second kappa shape index (κ2) is 7.49. The van der Waals surface area contributed by atoms with E-state index in [0.717, 1.165) is 0 Å². The molecule has 0 aliphatic carbocycles. The molecule has 3 rings (SSSR count). The number of thiophene rings is 1. The van der Waals surface area contributed by atoms with Crippen molar-refractivity contribution in [1.29, 1.82) is 0 Å². The number of hydrogen-bond donors (Lipinski definition) is 1. The van der Waals surface area contributed by atoms with E-state index in [4.69, 9.17) is 9.47 Å². The second-order valence-electron chi connectivity index (χ2n) is 5.27. The van der Waals surface area contributed by atoms with Gasteiger partial charge in [-0.1, -0.05) is 12.1 Å². The van der Waals surface area contributed by atoms with Crippen molar-refractivity contribution >= 4 is 33.5 Å². The Hall–Kier alpha value is -3.00. The van der Waals surface area contributed by atoms with E-state index in [9.17, 15) is 14.4 Å². The summed E-state index contributed by atoms with van der Waals surface area (Å²) < 4.78 is 9.88. The van der Waals surface area contributed by atoms with Crippen LogP contribution < -0.4 is 5.56 Å². The molecule has 3 aromatic rings. The van der Waals surface area contributed by atoms with E-state index in [-0.39, 0.29) is 19.0 Å². The molecule has 0 amide bonds. The first kappa shape index (κ1) is 17.8. The summed E-state index contributed by atoms with van der Waals surface area (Å²) in [5.74, 6) is -1.23. The van der Waals surface area contributed by atoms with Gasteiger partial charge in [-0.05, 0) is 31.5 Å². The smallest absolute Gasteiger partial charge is 0.374 e. The molecule has 1 N–H and O–H groups in total. The highest BCUT2D eigenvalue weighted by atomic mass is 32.1. The van der Waals surface area contributed by atoms with Crippen LogP contribution in [0.25, 0.3) is 21.3 Å². The van der Waals surface area contributed by atoms with Crippen molar-refractivity contribution in [3.05, 3.63) is 51.4 Å². The highest BCUT2D eigenvalue weighted by molar-refractivity contribution is 7.17. The van der Waals surface area contributed by atoms with Crippen molar-refractivity contribution in [2.75, 3.05) is 13.2 Å². The van der Waals surface area contributed by atoms with Crippen molar-refractivity contribution in [3.8, 4) is 11.1 Å². The Morgan fingerprint density at radius 3 is 2.62 bits per heavy atom. The van der Waals surface area contributed by atoms with Gasteiger partial charge in [-0.25, -0.2) is 14.6 Å². The molecule has 2 heterocycles. The summed E-state index contributed by atoms with van der Waals surface area (Å²) in [4.78, 5) is 43.3. The average Bonchev–Trinajstić information content (AvgIpc) is 3.07. The number of esters is 2. The fraction of sp³-hybridized carbons (Fsp3) is 0.222. The van der Waals surface area contributed by atoms with Crippen molar-refractivity contribution in [1.82, 2.24) is 9.97 Å². The molecule has 0 spiro atoms. The molecule has 0 aliphatic rings. The number of hydrogen-bond acceptors (Lipinski definition) is 7. The van der Waals surface area contributed by atoms with Gasteiger partial charge in [-0.2, -0.15) is 0 Å². The second-order valence-corrected chi connectivity index (χ2v) is 6.12. The number of H-pyrrole nitrogens is 1. The van der Waals surface area contributed by atoms with E-state index in [1.807, 2.05) is 0 Å². The molecular formula is C18H16N2O5S. The number of aromatic nitrogens is 2. The van der Waals surface area contributed by atoms with Gasteiger partial charge in [0, 0.05) is 10.9 Å². The van der Waals surface area contributed by atoms with Crippen LogP contribution in [0.3, 0.4) is 0 Å². The molecule has 0 unspecified atom stereocenters. The lowest BCUT2D eigenvalue weighted by molar-refractivity contribution is 0.0507. The molecule has 0 bridgehead atoms. The molecule has 134 valence electrons. The zero-order valence-electron chi connectivity index (χ0n) is 14.2. The fourth-order valence-electron chi connectivity index (χ4n) is 2.49. The number of nitrogens with one attached hydrogen (secondary N) is 1. The molecule has 7 nitrogen and oxygen atoms in total. The van der Waals surface area contributed by atoms with Gasteiger partial charge in [0.05, 0.1) is 24.2 Å². The maximum atomic E-state index is 12.5. The van der Waals surface area contributed by atoms with Crippen LogP contribution in [-0.2, 0) is 9.47 Å². The van der Waals surface area contributed by atoms with E-state index in [0.29, 0.717) is 26.9 Å². The molecule has 8 heteroatoms. The average molecular weight is 372 g/mol. The number of rotatable bonds is 5. The molecule has 0 saturated carbocycles. The van der Waals surface area contributed by atoms with E-state index >= 15 is 0 Å². The van der Waals surface area contributed by atoms with Crippen molar-refractivity contribution in [2.45, 2.75) is 13.8 Å². The minimum atomic E-state index is -0.675. The first-order valence-electron chi connectivity index (χ1n) is 8.01. The van der Waals surface area contributed by atoms with Crippen LogP contribution in [0.4, 0.5) is 0 Å². The number of carbonyl (C=O) groups excluding carboxylic acids is 2. The SMILES string of the molecule is CCOC(=O)c1cccc(-c2csc3nc(C(=O)OCC)[nH]c(=O)c23)c1. The van der Waals surface area contributed by atoms with Gasteiger partial charge in [0.25, 0.3) is 5.56 Å². The standard InChI is InChI=1S/C18H16N2O5S/c1-3-24-17(22)11-7-5-6-10(8-11)12-9-26-16-13(12)15(21)19-14(20-16)18(23)25-4-2/h5-9H,3-4H2,1-2H3,(H,19,20,21). The van der Waals surface area contributed by atoms with Crippen LogP contribution in [-0.4, -0.2) is 35.1 Å². The molecule has 0 saturated heterocycles. The van der Waals surface area contributed by atoms with E-state index in [1.54, 1.807) is 43.5 Å². The largest absolute Gasteiger partial charge is 0.462 e. The third-order valence-electron chi connectivity index (χ3n) is 3.60. The Labute approximate surface area is 152 Å². The monoisotopic (exact) mass is 372 g/mol. The number of fused-ring (bicyclic) bond motifs is 1. The van der Waals surface area contributed by atoms with Crippen LogP contribution in [0.5, 0.6) is 0 Å². The maximum Gasteiger partial charge on any atom is 0.374 e. The number of benzene rings is 1. The highest BCUT2D eigenvalue weighted by Gasteiger charge is 2.17. The normalized spacial score (nSPS) is 10.7. The van der Waals surface area contributed by atoms with Crippen molar-refractivity contribution < 1.29 is 19.1 Å². The van der Waals surface area contributed by atoms with Crippen molar-refractivity contribution in [3.63, 3.8) is 0 Å². The van der Waals surface area contributed by atoms with Crippen LogP contribution in [0.1, 0.15) is 34.8 Å².